The van der Waals surface area contributed by atoms with Crippen LogP contribution in [0.1, 0.15) is 12.6 Å². The Morgan fingerprint density at radius 3 is 2.36 bits per heavy atom. The van der Waals surface area contributed by atoms with Crippen molar-refractivity contribution in [3.63, 3.8) is 0 Å². The first-order chi connectivity index (χ1) is 6.41. The van der Waals surface area contributed by atoms with E-state index < -0.39 is 11.9 Å². The summed E-state index contributed by atoms with van der Waals surface area (Å²) < 4.78 is 0. The van der Waals surface area contributed by atoms with E-state index in [-0.39, 0.29) is 6.42 Å². The lowest BCUT2D eigenvalue weighted by Crippen LogP contribution is -2.00. The van der Waals surface area contributed by atoms with Gasteiger partial charge in [0.15, 0.2) is 5.13 Å². The van der Waals surface area contributed by atoms with Crippen molar-refractivity contribution in [2.75, 3.05) is 5.73 Å². The number of carbonyl (C=O) groups is 2. The maximum Gasteiger partial charge on any atom is 0.309 e. The molecule has 78 valence electrons. The molecule has 0 aliphatic carbocycles. The molecule has 0 bridgehead atoms. The summed E-state index contributed by atoms with van der Waals surface area (Å²) in [5.41, 5.74) is 5.79. The van der Waals surface area contributed by atoms with Crippen LogP contribution in [0.5, 0.6) is 0 Å². The summed E-state index contributed by atoms with van der Waals surface area (Å²) in [6.45, 7) is 1.08. The Morgan fingerprint density at radius 2 is 2.07 bits per heavy atom. The van der Waals surface area contributed by atoms with Crippen LogP contribution in [0, 0.1) is 0 Å². The Bertz CT molecular complexity index is 319. The number of rotatable bonds is 2. The van der Waals surface area contributed by atoms with Gasteiger partial charge < -0.3 is 15.9 Å². The molecule has 7 heteroatoms. The van der Waals surface area contributed by atoms with Gasteiger partial charge in [0.05, 0.1) is 12.1 Å². The second-order valence-electron chi connectivity index (χ2n) is 2.27. The number of carboxylic acid groups (broad SMARTS) is 2. The summed E-state index contributed by atoms with van der Waals surface area (Å²) in [7, 11) is 0. The molecule has 1 aromatic rings. The van der Waals surface area contributed by atoms with Gasteiger partial charge in [-0.05, 0) is 0 Å². The molecule has 6 nitrogen and oxygen atoms in total. The summed E-state index contributed by atoms with van der Waals surface area (Å²) in [6.07, 6.45) is -0.0479. The van der Waals surface area contributed by atoms with E-state index in [1.54, 1.807) is 5.38 Å². The second kappa shape index (κ2) is 5.92. The van der Waals surface area contributed by atoms with Crippen LogP contribution < -0.4 is 5.73 Å². The summed E-state index contributed by atoms with van der Waals surface area (Å²) >= 11 is 1.25. The highest BCUT2D eigenvalue weighted by atomic mass is 32.1. The maximum atomic E-state index is 10.1. The van der Waals surface area contributed by atoms with Crippen LogP contribution in [-0.2, 0) is 16.0 Å². The molecule has 0 saturated heterocycles. The number of hydrogen-bond acceptors (Lipinski definition) is 5. The lowest BCUT2D eigenvalue weighted by atomic mass is 10.3. The Kier molecular flexibility index (Phi) is 5.23. The summed E-state index contributed by atoms with van der Waals surface area (Å²) in [4.78, 5) is 22.9. The van der Waals surface area contributed by atoms with Crippen LogP contribution in [0.3, 0.4) is 0 Å². The molecular formula is C7H10N2O4S. The second-order valence-corrected chi connectivity index (χ2v) is 3.16. The van der Waals surface area contributed by atoms with E-state index in [0.29, 0.717) is 10.8 Å². The number of aromatic nitrogens is 1. The van der Waals surface area contributed by atoms with Gasteiger partial charge in [0.25, 0.3) is 5.97 Å². The molecule has 14 heavy (non-hydrogen) atoms. The predicted molar refractivity (Wildman–Crippen MR) is 51.2 cm³/mol. The van der Waals surface area contributed by atoms with Crippen molar-refractivity contribution >= 4 is 28.4 Å². The van der Waals surface area contributed by atoms with E-state index in [1.165, 1.54) is 11.3 Å². The van der Waals surface area contributed by atoms with Gasteiger partial charge >= 0.3 is 5.97 Å². The van der Waals surface area contributed by atoms with Crippen LogP contribution in [-0.4, -0.2) is 27.1 Å². The molecule has 1 aromatic heterocycles. The first-order valence-electron chi connectivity index (χ1n) is 3.53. The fourth-order valence-corrected chi connectivity index (χ4v) is 1.12. The van der Waals surface area contributed by atoms with E-state index in [9.17, 15) is 4.79 Å². The standard InChI is InChI=1S/C5H6N2O2S.C2H4O2/c6-5-7-3(2-10-5)1-4(8)9;1-2(3)4/h2H,1H2,(H2,6,7)(H,8,9);1H3,(H,3,4). The van der Waals surface area contributed by atoms with E-state index in [2.05, 4.69) is 4.98 Å². The van der Waals surface area contributed by atoms with Gasteiger partial charge in [0.2, 0.25) is 0 Å². The first kappa shape index (κ1) is 12.4. The van der Waals surface area contributed by atoms with Crippen LogP contribution in [0.15, 0.2) is 5.38 Å². The fraction of sp³-hybridized carbons (Fsp3) is 0.286. The Hall–Kier alpha value is -1.63. The predicted octanol–water partition coefficient (Wildman–Crippen LogP) is 0.443. The van der Waals surface area contributed by atoms with Crippen molar-refractivity contribution in [1.29, 1.82) is 0 Å². The van der Waals surface area contributed by atoms with Crippen molar-refractivity contribution in [3.05, 3.63) is 11.1 Å². The molecule has 0 amide bonds. The summed E-state index contributed by atoms with van der Waals surface area (Å²) in [6, 6.07) is 0. The molecule has 4 N–H and O–H groups in total. The number of nitrogens with zero attached hydrogens (tertiary/aromatic N) is 1. The quantitative estimate of drug-likeness (QED) is 0.663. The number of nitrogens with two attached hydrogens (primary N) is 1. The molecule has 0 aromatic carbocycles. The topological polar surface area (TPSA) is 114 Å². The molecule has 0 fully saturated rings. The highest BCUT2D eigenvalue weighted by Gasteiger charge is 2.02. The third kappa shape index (κ3) is 7.04. The number of anilines is 1. The molecule has 1 heterocycles. The minimum Gasteiger partial charge on any atom is -0.481 e. The van der Waals surface area contributed by atoms with Gasteiger partial charge in [0.1, 0.15) is 0 Å². The van der Waals surface area contributed by atoms with Gasteiger partial charge in [-0.2, -0.15) is 0 Å². The zero-order chi connectivity index (χ0) is 11.1. The molecule has 0 aliphatic heterocycles. The zero-order valence-electron chi connectivity index (χ0n) is 7.43. The summed E-state index contributed by atoms with van der Waals surface area (Å²) in [5.74, 6) is -1.72. The van der Waals surface area contributed by atoms with E-state index in [0.717, 1.165) is 6.92 Å². The van der Waals surface area contributed by atoms with Crippen LogP contribution >= 0.6 is 11.3 Å². The Labute approximate surface area is 84.0 Å². The lowest BCUT2D eigenvalue weighted by molar-refractivity contribution is -0.136. The fourth-order valence-electron chi connectivity index (χ4n) is 0.559. The van der Waals surface area contributed by atoms with Gasteiger partial charge in [-0.3, -0.25) is 9.59 Å². The minimum atomic E-state index is -0.884. The smallest absolute Gasteiger partial charge is 0.309 e. The normalized spacial score (nSPS) is 8.64. The van der Waals surface area contributed by atoms with E-state index in [1.807, 2.05) is 0 Å². The Balaban J connectivity index is 0.000000364. The number of nitrogen functional groups attached to an aromatic ring is 1. The van der Waals surface area contributed by atoms with Crippen molar-refractivity contribution in [2.24, 2.45) is 0 Å². The summed E-state index contributed by atoms with van der Waals surface area (Å²) in [5, 5.41) is 17.8. The monoisotopic (exact) mass is 218 g/mol. The average molecular weight is 218 g/mol. The van der Waals surface area contributed by atoms with Crippen molar-refractivity contribution in [3.8, 4) is 0 Å². The molecule has 0 atom stereocenters. The number of thiazole rings is 1. The van der Waals surface area contributed by atoms with Crippen molar-refractivity contribution < 1.29 is 19.8 Å². The third-order valence-electron chi connectivity index (χ3n) is 0.902. The van der Waals surface area contributed by atoms with Gasteiger partial charge in [-0.15, -0.1) is 11.3 Å². The molecule has 0 unspecified atom stereocenters. The van der Waals surface area contributed by atoms with E-state index >= 15 is 0 Å². The molecule has 0 saturated carbocycles. The molecule has 0 spiro atoms. The SMILES string of the molecule is CC(=O)O.Nc1nc(CC(=O)O)cs1. The van der Waals surface area contributed by atoms with E-state index in [4.69, 9.17) is 20.7 Å². The number of aliphatic carboxylic acids is 2. The molecule has 0 radical (unpaired) electrons. The van der Waals surface area contributed by atoms with Crippen LogP contribution in [0.25, 0.3) is 0 Å². The van der Waals surface area contributed by atoms with Gasteiger partial charge in [-0.25, -0.2) is 4.98 Å². The molecule has 1 rings (SSSR count). The average Bonchev–Trinajstić information content (AvgIpc) is 2.32. The van der Waals surface area contributed by atoms with Crippen LogP contribution in [0.2, 0.25) is 0 Å². The first-order valence-corrected chi connectivity index (χ1v) is 4.41. The lowest BCUT2D eigenvalue weighted by Gasteiger charge is -1.85. The molecular weight excluding hydrogens is 208 g/mol. The zero-order valence-corrected chi connectivity index (χ0v) is 8.24. The van der Waals surface area contributed by atoms with Crippen molar-refractivity contribution in [2.45, 2.75) is 13.3 Å². The maximum absolute atomic E-state index is 10.1. The Morgan fingerprint density at radius 1 is 1.57 bits per heavy atom. The van der Waals surface area contributed by atoms with Gasteiger partial charge in [0, 0.05) is 12.3 Å². The van der Waals surface area contributed by atoms with Crippen LogP contribution in [0.4, 0.5) is 5.13 Å². The number of carboxylic acids is 2. The van der Waals surface area contributed by atoms with Crippen molar-refractivity contribution in [1.82, 2.24) is 4.98 Å². The largest absolute Gasteiger partial charge is 0.481 e. The number of hydrogen-bond donors (Lipinski definition) is 3. The minimum absolute atomic E-state index is 0.0479. The highest BCUT2D eigenvalue weighted by molar-refractivity contribution is 7.13. The highest BCUT2D eigenvalue weighted by Crippen LogP contribution is 2.10. The van der Waals surface area contributed by atoms with Gasteiger partial charge in [-0.1, -0.05) is 0 Å². The molecule has 0 aliphatic rings. The third-order valence-corrected chi connectivity index (χ3v) is 1.62.